The molecule has 1 saturated carbocycles. The van der Waals surface area contributed by atoms with Crippen molar-refractivity contribution in [3.05, 3.63) is 36.0 Å². The number of aromatic nitrogens is 4. The molecule has 0 bridgehead atoms. The number of hydrogen-bond acceptors (Lipinski definition) is 7. The minimum absolute atomic E-state index is 0.594. The number of piperazine rings is 1. The maximum Gasteiger partial charge on any atom is 0.186 e. The number of anilines is 2. The molecule has 2 fully saturated rings. The van der Waals surface area contributed by atoms with Gasteiger partial charge in [-0.2, -0.15) is 0 Å². The Morgan fingerprint density at radius 2 is 1.84 bits per heavy atom. The molecule has 6 nitrogen and oxygen atoms in total. The smallest absolute Gasteiger partial charge is 0.186 e. The predicted octanol–water partition coefficient (Wildman–Crippen LogP) is 2.99. The highest BCUT2D eigenvalue weighted by Gasteiger charge is 2.28. The molecule has 0 aromatic carbocycles. The summed E-state index contributed by atoms with van der Waals surface area (Å²) in [6, 6.07) is 4.15. The molecule has 4 heterocycles. The number of rotatable bonds is 3. The van der Waals surface area contributed by atoms with Crippen LogP contribution in [-0.2, 0) is 0 Å². The first-order valence-electron chi connectivity index (χ1n) is 8.82. The summed E-state index contributed by atoms with van der Waals surface area (Å²) in [5, 5.41) is 1.10. The van der Waals surface area contributed by atoms with Crippen molar-refractivity contribution in [2.75, 3.05) is 36.0 Å². The topological polar surface area (TPSA) is 58.0 Å². The maximum absolute atomic E-state index is 4.83. The minimum atomic E-state index is 0.594. The summed E-state index contributed by atoms with van der Waals surface area (Å²) in [4.78, 5) is 23.1. The van der Waals surface area contributed by atoms with Crippen molar-refractivity contribution < 1.29 is 0 Å². The lowest BCUT2D eigenvalue weighted by molar-refractivity contribution is 0.643. The average Bonchev–Trinajstić information content (AvgIpc) is 3.40. The SMILES string of the molecule is Cc1cc(N2CCN(c3nc4cnccc4s3)CC2)nc(C2CC2)n1. The summed E-state index contributed by atoms with van der Waals surface area (Å²) in [7, 11) is 0. The third-order valence-electron chi connectivity index (χ3n) is 4.85. The lowest BCUT2D eigenvalue weighted by Gasteiger charge is -2.35. The van der Waals surface area contributed by atoms with E-state index in [1.165, 1.54) is 17.5 Å². The van der Waals surface area contributed by atoms with Gasteiger partial charge >= 0.3 is 0 Å². The first-order chi connectivity index (χ1) is 12.3. The highest BCUT2D eigenvalue weighted by atomic mass is 32.1. The van der Waals surface area contributed by atoms with E-state index in [2.05, 4.69) is 32.8 Å². The molecule has 3 aromatic rings. The fraction of sp³-hybridized carbons (Fsp3) is 0.444. The zero-order chi connectivity index (χ0) is 16.8. The summed E-state index contributed by atoms with van der Waals surface area (Å²) < 4.78 is 1.20. The van der Waals surface area contributed by atoms with Crippen LogP contribution in [-0.4, -0.2) is 46.1 Å². The zero-order valence-corrected chi connectivity index (χ0v) is 15.0. The van der Waals surface area contributed by atoms with E-state index in [1.54, 1.807) is 11.3 Å². The Labute approximate surface area is 150 Å². The number of hydrogen-bond donors (Lipinski definition) is 0. The quantitative estimate of drug-likeness (QED) is 0.722. The largest absolute Gasteiger partial charge is 0.353 e. The van der Waals surface area contributed by atoms with Crippen molar-refractivity contribution in [1.29, 1.82) is 0 Å². The van der Waals surface area contributed by atoms with Gasteiger partial charge in [-0.15, -0.1) is 0 Å². The second-order valence-corrected chi connectivity index (χ2v) is 7.82. The monoisotopic (exact) mass is 352 g/mol. The molecule has 5 rings (SSSR count). The molecule has 0 spiro atoms. The summed E-state index contributed by atoms with van der Waals surface area (Å²) in [6.45, 7) is 5.94. The van der Waals surface area contributed by atoms with E-state index in [-0.39, 0.29) is 0 Å². The van der Waals surface area contributed by atoms with Gasteiger partial charge < -0.3 is 9.80 Å². The molecule has 0 amide bonds. The fourth-order valence-electron chi connectivity index (χ4n) is 3.29. The molecule has 3 aromatic heterocycles. The van der Waals surface area contributed by atoms with Crippen molar-refractivity contribution in [3.63, 3.8) is 0 Å². The Bertz CT molecular complexity index is 878. The molecule has 128 valence electrons. The van der Waals surface area contributed by atoms with E-state index in [4.69, 9.17) is 9.97 Å². The van der Waals surface area contributed by atoms with Crippen molar-refractivity contribution in [3.8, 4) is 0 Å². The van der Waals surface area contributed by atoms with Crippen LogP contribution in [0.15, 0.2) is 24.5 Å². The van der Waals surface area contributed by atoms with Crippen LogP contribution in [0.25, 0.3) is 10.2 Å². The number of pyridine rings is 1. The summed E-state index contributed by atoms with van der Waals surface area (Å²) in [5.74, 6) is 2.72. The molecule has 7 heteroatoms. The molecule has 1 aliphatic heterocycles. The number of thiazole rings is 1. The number of aryl methyl sites for hydroxylation is 1. The second kappa shape index (κ2) is 5.91. The van der Waals surface area contributed by atoms with E-state index in [0.717, 1.165) is 54.2 Å². The Kier molecular flexibility index (Phi) is 3.55. The third-order valence-corrected chi connectivity index (χ3v) is 5.95. The molecule has 0 radical (unpaired) electrons. The van der Waals surface area contributed by atoms with Crippen LogP contribution in [0.4, 0.5) is 10.9 Å². The third kappa shape index (κ3) is 2.93. The van der Waals surface area contributed by atoms with Crippen LogP contribution in [0.2, 0.25) is 0 Å². The molecule has 0 unspecified atom stereocenters. The fourth-order valence-corrected chi connectivity index (χ4v) is 4.27. The lowest BCUT2D eigenvalue weighted by atomic mass is 10.3. The minimum Gasteiger partial charge on any atom is -0.353 e. The van der Waals surface area contributed by atoms with Crippen LogP contribution >= 0.6 is 11.3 Å². The molecular formula is C18H20N6S. The Balaban J connectivity index is 1.32. The van der Waals surface area contributed by atoms with E-state index in [1.807, 2.05) is 18.5 Å². The zero-order valence-electron chi connectivity index (χ0n) is 14.2. The highest BCUT2D eigenvalue weighted by Crippen LogP contribution is 2.38. The van der Waals surface area contributed by atoms with Gasteiger partial charge in [-0.25, -0.2) is 15.0 Å². The predicted molar refractivity (Wildman–Crippen MR) is 101 cm³/mol. The normalized spacial score (nSPS) is 18.1. The summed E-state index contributed by atoms with van der Waals surface area (Å²) in [6.07, 6.45) is 6.15. The van der Waals surface area contributed by atoms with Gasteiger partial charge in [0.25, 0.3) is 0 Å². The van der Waals surface area contributed by atoms with Crippen LogP contribution in [0.3, 0.4) is 0 Å². The highest BCUT2D eigenvalue weighted by molar-refractivity contribution is 7.22. The van der Waals surface area contributed by atoms with Gasteiger partial charge in [-0.05, 0) is 25.8 Å². The van der Waals surface area contributed by atoms with Gasteiger partial charge in [-0.1, -0.05) is 11.3 Å². The van der Waals surface area contributed by atoms with E-state index in [0.29, 0.717) is 5.92 Å². The maximum atomic E-state index is 4.83. The van der Waals surface area contributed by atoms with Gasteiger partial charge in [0.05, 0.1) is 10.9 Å². The van der Waals surface area contributed by atoms with Crippen LogP contribution < -0.4 is 9.80 Å². The average molecular weight is 352 g/mol. The summed E-state index contributed by atoms with van der Waals surface area (Å²) >= 11 is 1.75. The van der Waals surface area contributed by atoms with Crippen LogP contribution in [0.1, 0.15) is 30.3 Å². The molecule has 25 heavy (non-hydrogen) atoms. The van der Waals surface area contributed by atoms with Crippen molar-refractivity contribution in [2.24, 2.45) is 0 Å². The second-order valence-electron chi connectivity index (χ2n) is 6.81. The van der Waals surface area contributed by atoms with E-state index in [9.17, 15) is 0 Å². The molecule has 2 aliphatic rings. The van der Waals surface area contributed by atoms with Crippen molar-refractivity contribution in [1.82, 2.24) is 19.9 Å². The van der Waals surface area contributed by atoms with E-state index >= 15 is 0 Å². The number of nitrogens with zero attached hydrogens (tertiary/aromatic N) is 6. The van der Waals surface area contributed by atoms with Crippen LogP contribution in [0, 0.1) is 6.92 Å². The van der Waals surface area contributed by atoms with Crippen molar-refractivity contribution >= 4 is 32.5 Å². The first-order valence-corrected chi connectivity index (χ1v) is 9.64. The Morgan fingerprint density at radius 3 is 2.60 bits per heavy atom. The van der Waals surface area contributed by atoms with Gasteiger partial charge in [-0.3, -0.25) is 4.98 Å². The number of fused-ring (bicyclic) bond motifs is 1. The van der Waals surface area contributed by atoms with Gasteiger partial charge in [0.1, 0.15) is 17.2 Å². The first kappa shape index (κ1) is 15.0. The van der Waals surface area contributed by atoms with Crippen LogP contribution in [0.5, 0.6) is 0 Å². The van der Waals surface area contributed by atoms with Gasteiger partial charge in [0.2, 0.25) is 0 Å². The molecular weight excluding hydrogens is 332 g/mol. The Hall–Kier alpha value is -2.28. The summed E-state index contributed by atoms with van der Waals surface area (Å²) in [5.41, 5.74) is 2.07. The van der Waals surface area contributed by atoms with Crippen molar-refractivity contribution in [2.45, 2.75) is 25.7 Å². The lowest BCUT2D eigenvalue weighted by Crippen LogP contribution is -2.47. The standard InChI is InChI=1S/C18H20N6S/c1-12-10-16(22-17(20-12)13-2-3-13)23-6-8-24(9-7-23)18-21-14-11-19-5-4-15(14)25-18/h4-5,10-11,13H,2-3,6-9H2,1H3. The van der Waals surface area contributed by atoms with E-state index < -0.39 is 0 Å². The molecule has 1 saturated heterocycles. The Morgan fingerprint density at radius 1 is 1.04 bits per heavy atom. The van der Waals surface area contributed by atoms with Gasteiger partial charge in [0.15, 0.2) is 5.13 Å². The molecule has 0 atom stereocenters. The van der Waals surface area contributed by atoms with Gasteiger partial charge in [0, 0.05) is 50.1 Å². The molecule has 0 N–H and O–H groups in total. The molecule has 1 aliphatic carbocycles.